The quantitative estimate of drug-likeness (QED) is 0.893. The molecule has 1 atom stereocenters. The third kappa shape index (κ3) is 2.44. The van der Waals surface area contributed by atoms with Crippen molar-refractivity contribution in [1.29, 1.82) is 0 Å². The largest absolute Gasteiger partial charge is 0.493 e. The average Bonchev–Trinajstić information content (AvgIpc) is 2.59. The Morgan fingerprint density at radius 2 is 2.00 bits per heavy atom. The summed E-state index contributed by atoms with van der Waals surface area (Å²) in [6, 6.07) is 3.60. The highest BCUT2D eigenvalue weighted by atomic mass is 32.2. The zero-order chi connectivity index (χ0) is 13.6. The van der Waals surface area contributed by atoms with Crippen molar-refractivity contribution in [3.63, 3.8) is 0 Å². The zero-order valence-corrected chi connectivity index (χ0v) is 9.88. The second kappa shape index (κ2) is 4.13. The van der Waals surface area contributed by atoms with Gasteiger partial charge in [0.15, 0.2) is 5.25 Å². The Balaban J connectivity index is 2.51. The van der Waals surface area contributed by atoms with Crippen molar-refractivity contribution in [3.05, 3.63) is 29.3 Å². The van der Waals surface area contributed by atoms with Gasteiger partial charge in [-0.3, -0.25) is 0 Å². The van der Waals surface area contributed by atoms with E-state index in [1.54, 1.807) is 0 Å². The maximum Gasteiger partial charge on any atom is 0.410 e. The van der Waals surface area contributed by atoms with E-state index >= 15 is 0 Å². The highest BCUT2D eigenvalue weighted by molar-refractivity contribution is 7.89. The SMILES string of the molecule is NS(=O)(=O)C(c1ccc2c(c1)CCO2)C(F)(F)F. The molecule has 0 bridgehead atoms. The maximum absolute atomic E-state index is 12.8. The van der Waals surface area contributed by atoms with Gasteiger partial charge in [-0.25, -0.2) is 13.6 Å². The molecule has 2 rings (SSSR count). The standard InChI is InChI=1S/C10H10F3NO3S/c11-10(12,13)9(18(14,15)16)7-1-2-8-6(5-7)3-4-17-8/h1-2,5,9H,3-4H2,(H2,14,15,16). The molecule has 0 spiro atoms. The first-order valence-electron chi connectivity index (χ1n) is 5.03. The van der Waals surface area contributed by atoms with Gasteiger partial charge < -0.3 is 4.74 Å². The first-order chi connectivity index (χ1) is 8.19. The molecule has 0 radical (unpaired) electrons. The van der Waals surface area contributed by atoms with E-state index < -0.39 is 21.4 Å². The van der Waals surface area contributed by atoms with E-state index in [2.05, 4.69) is 5.14 Å². The van der Waals surface area contributed by atoms with Crippen LogP contribution in [0.4, 0.5) is 13.2 Å². The fourth-order valence-electron chi connectivity index (χ4n) is 1.93. The number of primary sulfonamides is 1. The van der Waals surface area contributed by atoms with Crippen LogP contribution in [0.5, 0.6) is 5.75 Å². The van der Waals surface area contributed by atoms with E-state index in [0.29, 0.717) is 24.3 Å². The van der Waals surface area contributed by atoms with E-state index in [0.717, 1.165) is 6.07 Å². The van der Waals surface area contributed by atoms with Crippen molar-refractivity contribution < 1.29 is 26.3 Å². The van der Waals surface area contributed by atoms with Crippen molar-refractivity contribution in [1.82, 2.24) is 0 Å². The lowest BCUT2D eigenvalue weighted by Gasteiger charge is -2.18. The summed E-state index contributed by atoms with van der Waals surface area (Å²) in [5.41, 5.74) is 0.180. The normalized spacial score (nSPS) is 17.1. The molecule has 100 valence electrons. The first-order valence-corrected chi connectivity index (χ1v) is 6.64. The van der Waals surface area contributed by atoms with Gasteiger partial charge in [0.2, 0.25) is 10.0 Å². The minimum Gasteiger partial charge on any atom is -0.493 e. The Bertz CT molecular complexity index is 568. The number of halogens is 3. The van der Waals surface area contributed by atoms with Crippen LogP contribution in [-0.2, 0) is 16.4 Å². The summed E-state index contributed by atoms with van der Waals surface area (Å²) in [5, 5.41) is 1.97. The molecule has 1 aromatic carbocycles. The van der Waals surface area contributed by atoms with Gasteiger partial charge in [0.25, 0.3) is 0 Å². The van der Waals surface area contributed by atoms with Crippen LogP contribution in [-0.4, -0.2) is 21.2 Å². The van der Waals surface area contributed by atoms with Crippen LogP contribution in [0, 0.1) is 0 Å². The number of ether oxygens (including phenoxy) is 1. The lowest BCUT2D eigenvalue weighted by atomic mass is 10.1. The van der Waals surface area contributed by atoms with Crippen LogP contribution in [0.25, 0.3) is 0 Å². The van der Waals surface area contributed by atoms with Crippen molar-refractivity contribution in [3.8, 4) is 5.75 Å². The molecular formula is C10H10F3NO3S. The molecule has 2 N–H and O–H groups in total. The summed E-state index contributed by atoms with van der Waals surface area (Å²) in [7, 11) is -4.76. The third-order valence-electron chi connectivity index (χ3n) is 2.64. The molecule has 1 heterocycles. The minimum atomic E-state index is -4.94. The number of sulfonamides is 1. The number of hydrogen-bond donors (Lipinski definition) is 1. The Labute approximate surface area is 102 Å². The van der Waals surface area contributed by atoms with Crippen molar-refractivity contribution >= 4 is 10.0 Å². The van der Waals surface area contributed by atoms with E-state index in [-0.39, 0.29) is 5.56 Å². The number of fused-ring (bicyclic) bond motifs is 1. The fraction of sp³-hybridized carbons (Fsp3) is 0.400. The number of rotatable bonds is 2. The maximum atomic E-state index is 12.8. The van der Waals surface area contributed by atoms with Gasteiger partial charge in [-0.05, 0) is 17.2 Å². The number of hydrogen-bond acceptors (Lipinski definition) is 3. The molecule has 4 nitrogen and oxygen atoms in total. The van der Waals surface area contributed by atoms with E-state index in [1.165, 1.54) is 12.1 Å². The molecule has 8 heteroatoms. The van der Waals surface area contributed by atoms with Gasteiger partial charge in [0, 0.05) is 6.42 Å². The molecule has 0 saturated carbocycles. The van der Waals surface area contributed by atoms with Gasteiger partial charge in [-0.1, -0.05) is 12.1 Å². The van der Waals surface area contributed by atoms with E-state index in [4.69, 9.17) is 4.74 Å². The van der Waals surface area contributed by atoms with E-state index in [1.807, 2.05) is 0 Å². The Morgan fingerprint density at radius 3 is 2.56 bits per heavy atom. The smallest absolute Gasteiger partial charge is 0.410 e. The van der Waals surface area contributed by atoms with E-state index in [9.17, 15) is 21.6 Å². The molecule has 18 heavy (non-hydrogen) atoms. The monoisotopic (exact) mass is 281 g/mol. The van der Waals surface area contributed by atoms with Gasteiger partial charge >= 0.3 is 6.18 Å². The number of alkyl halides is 3. The van der Waals surface area contributed by atoms with Gasteiger partial charge in [-0.15, -0.1) is 0 Å². The van der Waals surface area contributed by atoms with Crippen LogP contribution in [0.2, 0.25) is 0 Å². The predicted molar refractivity (Wildman–Crippen MR) is 57.5 cm³/mol. The van der Waals surface area contributed by atoms with Crippen molar-refractivity contribution in [2.45, 2.75) is 17.8 Å². The van der Waals surface area contributed by atoms with Crippen LogP contribution in [0.1, 0.15) is 16.4 Å². The van der Waals surface area contributed by atoms with Crippen LogP contribution < -0.4 is 9.88 Å². The molecule has 0 aromatic heterocycles. The van der Waals surface area contributed by atoms with Crippen molar-refractivity contribution in [2.75, 3.05) is 6.61 Å². The average molecular weight is 281 g/mol. The second-order valence-corrected chi connectivity index (χ2v) is 5.63. The fourth-order valence-corrected chi connectivity index (χ4v) is 2.83. The van der Waals surface area contributed by atoms with Crippen LogP contribution in [0.3, 0.4) is 0 Å². The van der Waals surface area contributed by atoms with Crippen molar-refractivity contribution in [2.24, 2.45) is 5.14 Å². The second-order valence-electron chi connectivity index (χ2n) is 3.98. The summed E-state index contributed by atoms with van der Waals surface area (Å²) in [5.74, 6) is 0.481. The summed E-state index contributed by atoms with van der Waals surface area (Å²) in [6.45, 7) is 0.380. The number of nitrogens with two attached hydrogens (primary N) is 1. The van der Waals surface area contributed by atoms with Crippen LogP contribution in [0.15, 0.2) is 18.2 Å². The Hall–Kier alpha value is -1.28. The Morgan fingerprint density at radius 1 is 1.33 bits per heavy atom. The summed E-state index contributed by atoms with van der Waals surface area (Å²) < 4.78 is 65.6. The molecule has 0 amide bonds. The minimum absolute atomic E-state index is 0.380. The summed E-state index contributed by atoms with van der Waals surface area (Å²) >= 11 is 0. The third-order valence-corrected chi connectivity index (χ3v) is 3.84. The molecule has 1 aliphatic rings. The molecule has 1 aromatic rings. The van der Waals surface area contributed by atoms with Gasteiger partial charge in [0.1, 0.15) is 5.75 Å². The summed E-state index contributed by atoms with van der Waals surface area (Å²) in [6.07, 6.45) is -4.49. The lowest BCUT2D eigenvalue weighted by Crippen LogP contribution is -2.33. The molecular weight excluding hydrogens is 271 g/mol. The van der Waals surface area contributed by atoms with Gasteiger partial charge in [-0.2, -0.15) is 13.2 Å². The highest BCUT2D eigenvalue weighted by Crippen LogP contribution is 2.39. The molecule has 0 fully saturated rings. The molecule has 1 unspecified atom stereocenters. The predicted octanol–water partition coefficient (Wildman–Crippen LogP) is 1.51. The molecule has 0 aliphatic carbocycles. The molecule has 1 aliphatic heterocycles. The number of benzene rings is 1. The first kappa shape index (κ1) is 13.2. The topological polar surface area (TPSA) is 69.4 Å². The summed E-state index contributed by atoms with van der Waals surface area (Å²) in [4.78, 5) is 0. The Kier molecular flexibility index (Phi) is 3.02. The lowest BCUT2D eigenvalue weighted by molar-refractivity contribution is -0.131. The highest BCUT2D eigenvalue weighted by Gasteiger charge is 2.48. The van der Waals surface area contributed by atoms with Gasteiger partial charge in [0.05, 0.1) is 6.61 Å². The zero-order valence-electron chi connectivity index (χ0n) is 9.07. The van der Waals surface area contributed by atoms with Crippen LogP contribution >= 0.6 is 0 Å². The molecule has 0 saturated heterocycles.